The van der Waals surface area contributed by atoms with Crippen molar-refractivity contribution in [2.45, 2.75) is 26.8 Å². The molecular formula is C16H16N4O. The zero-order chi connectivity index (χ0) is 14.8. The summed E-state index contributed by atoms with van der Waals surface area (Å²) in [5, 5.41) is 0. The molecule has 3 rings (SSSR count). The lowest BCUT2D eigenvalue weighted by Gasteiger charge is -2.05. The number of benzene rings is 1. The Morgan fingerprint density at radius 3 is 2.62 bits per heavy atom. The van der Waals surface area contributed by atoms with Crippen molar-refractivity contribution in [2.24, 2.45) is 0 Å². The number of ketones is 1. The van der Waals surface area contributed by atoms with Crippen LogP contribution in [0.4, 0.5) is 0 Å². The maximum absolute atomic E-state index is 12.3. The fourth-order valence-electron chi connectivity index (χ4n) is 2.37. The van der Waals surface area contributed by atoms with Crippen molar-refractivity contribution in [1.82, 2.24) is 19.5 Å². The van der Waals surface area contributed by atoms with Crippen LogP contribution in [0.2, 0.25) is 0 Å². The SMILES string of the molecule is CCn1c(CC(=O)c2ncc(C)cn2)nc2ccccc21. The molecule has 3 aromatic rings. The number of aromatic nitrogens is 4. The van der Waals surface area contributed by atoms with Crippen LogP contribution in [-0.2, 0) is 13.0 Å². The minimum Gasteiger partial charge on any atom is -0.328 e. The Bertz CT molecular complexity index is 790. The first-order valence-corrected chi connectivity index (χ1v) is 6.95. The van der Waals surface area contributed by atoms with Gasteiger partial charge < -0.3 is 4.57 Å². The highest BCUT2D eigenvalue weighted by molar-refractivity contribution is 5.94. The highest BCUT2D eigenvalue weighted by Gasteiger charge is 2.16. The van der Waals surface area contributed by atoms with Crippen molar-refractivity contribution in [3.63, 3.8) is 0 Å². The number of imidazole rings is 1. The van der Waals surface area contributed by atoms with Crippen LogP contribution < -0.4 is 0 Å². The van der Waals surface area contributed by atoms with Crippen LogP contribution in [0.15, 0.2) is 36.7 Å². The number of Topliss-reactive ketones (excluding diaryl/α,β-unsaturated/α-hetero) is 1. The molecule has 0 amide bonds. The van der Waals surface area contributed by atoms with Crippen molar-refractivity contribution in [2.75, 3.05) is 0 Å². The molecule has 21 heavy (non-hydrogen) atoms. The number of hydrogen-bond donors (Lipinski definition) is 0. The number of fused-ring (bicyclic) bond motifs is 1. The molecule has 106 valence electrons. The number of hydrogen-bond acceptors (Lipinski definition) is 4. The maximum atomic E-state index is 12.3. The van der Waals surface area contributed by atoms with Gasteiger partial charge >= 0.3 is 0 Å². The third-order valence-corrected chi connectivity index (χ3v) is 3.40. The normalized spacial score (nSPS) is 11.0. The van der Waals surface area contributed by atoms with Crippen LogP contribution in [0, 0.1) is 6.92 Å². The Kier molecular flexibility index (Phi) is 3.48. The summed E-state index contributed by atoms with van der Waals surface area (Å²) in [6.07, 6.45) is 3.53. The molecule has 2 heterocycles. The van der Waals surface area contributed by atoms with E-state index in [1.165, 1.54) is 0 Å². The molecule has 0 bridgehead atoms. The fraction of sp³-hybridized carbons (Fsp3) is 0.250. The number of para-hydroxylation sites is 2. The van der Waals surface area contributed by atoms with E-state index in [4.69, 9.17) is 0 Å². The van der Waals surface area contributed by atoms with Gasteiger partial charge in [-0.3, -0.25) is 4.79 Å². The van der Waals surface area contributed by atoms with E-state index in [0.717, 1.165) is 29.0 Å². The van der Waals surface area contributed by atoms with Crippen LogP contribution in [-0.4, -0.2) is 25.3 Å². The first-order chi connectivity index (χ1) is 10.2. The van der Waals surface area contributed by atoms with Crippen LogP contribution in [0.25, 0.3) is 11.0 Å². The second-order valence-electron chi connectivity index (χ2n) is 4.94. The molecule has 0 saturated heterocycles. The molecule has 0 aliphatic heterocycles. The molecule has 0 saturated carbocycles. The summed E-state index contributed by atoms with van der Waals surface area (Å²) < 4.78 is 2.06. The molecule has 1 aromatic carbocycles. The predicted molar refractivity (Wildman–Crippen MR) is 80.2 cm³/mol. The molecule has 2 aromatic heterocycles. The molecule has 5 nitrogen and oxygen atoms in total. The van der Waals surface area contributed by atoms with E-state index in [1.54, 1.807) is 12.4 Å². The van der Waals surface area contributed by atoms with Crippen molar-refractivity contribution in [3.8, 4) is 0 Å². The molecule has 0 spiro atoms. The molecule has 0 aliphatic carbocycles. The van der Waals surface area contributed by atoms with Crippen LogP contribution in [0.1, 0.15) is 28.9 Å². The van der Waals surface area contributed by atoms with Crippen molar-refractivity contribution in [1.29, 1.82) is 0 Å². The lowest BCUT2D eigenvalue weighted by Crippen LogP contribution is -2.12. The zero-order valence-electron chi connectivity index (χ0n) is 12.1. The second kappa shape index (κ2) is 5.44. The van der Waals surface area contributed by atoms with Gasteiger partial charge in [0, 0.05) is 18.9 Å². The van der Waals surface area contributed by atoms with Gasteiger partial charge in [-0.05, 0) is 31.5 Å². The van der Waals surface area contributed by atoms with Crippen molar-refractivity contribution < 1.29 is 4.79 Å². The van der Waals surface area contributed by atoms with Gasteiger partial charge in [0.1, 0.15) is 5.82 Å². The zero-order valence-corrected chi connectivity index (χ0v) is 12.1. The second-order valence-corrected chi connectivity index (χ2v) is 4.94. The number of carbonyl (C=O) groups is 1. The molecule has 0 unspecified atom stereocenters. The molecule has 0 aliphatic rings. The first kappa shape index (κ1) is 13.4. The van der Waals surface area contributed by atoms with Gasteiger partial charge in [0.2, 0.25) is 5.78 Å². The fourth-order valence-corrected chi connectivity index (χ4v) is 2.37. The van der Waals surface area contributed by atoms with Gasteiger partial charge in [0.25, 0.3) is 0 Å². The largest absolute Gasteiger partial charge is 0.328 e. The van der Waals surface area contributed by atoms with Gasteiger partial charge in [0.05, 0.1) is 17.5 Å². The molecule has 0 fully saturated rings. The van der Waals surface area contributed by atoms with Crippen LogP contribution >= 0.6 is 0 Å². The molecule has 0 radical (unpaired) electrons. The van der Waals surface area contributed by atoms with Gasteiger partial charge in [-0.1, -0.05) is 12.1 Å². The monoisotopic (exact) mass is 280 g/mol. The van der Waals surface area contributed by atoms with E-state index in [-0.39, 0.29) is 18.0 Å². The summed E-state index contributed by atoms with van der Waals surface area (Å²) in [4.78, 5) is 25.0. The van der Waals surface area contributed by atoms with E-state index in [9.17, 15) is 4.79 Å². The summed E-state index contributed by atoms with van der Waals surface area (Å²) in [7, 11) is 0. The first-order valence-electron chi connectivity index (χ1n) is 6.95. The third kappa shape index (κ3) is 2.54. The van der Waals surface area contributed by atoms with E-state index < -0.39 is 0 Å². The Morgan fingerprint density at radius 2 is 1.90 bits per heavy atom. The van der Waals surface area contributed by atoms with E-state index in [2.05, 4.69) is 19.5 Å². The molecule has 0 N–H and O–H groups in total. The van der Waals surface area contributed by atoms with Crippen molar-refractivity contribution in [3.05, 3.63) is 53.9 Å². The Hall–Kier alpha value is -2.56. The number of aryl methyl sites for hydroxylation is 2. The number of carbonyl (C=O) groups excluding carboxylic acids is 1. The average molecular weight is 280 g/mol. The summed E-state index contributed by atoms with van der Waals surface area (Å²) >= 11 is 0. The smallest absolute Gasteiger partial charge is 0.207 e. The van der Waals surface area contributed by atoms with E-state index >= 15 is 0 Å². The molecule has 0 atom stereocenters. The van der Waals surface area contributed by atoms with Crippen molar-refractivity contribution >= 4 is 16.8 Å². The van der Waals surface area contributed by atoms with Gasteiger partial charge in [0.15, 0.2) is 5.82 Å². The lowest BCUT2D eigenvalue weighted by atomic mass is 10.2. The Morgan fingerprint density at radius 1 is 1.19 bits per heavy atom. The summed E-state index contributed by atoms with van der Waals surface area (Å²) in [5.41, 5.74) is 2.90. The lowest BCUT2D eigenvalue weighted by molar-refractivity contribution is 0.0980. The Labute approximate surface area is 122 Å². The number of nitrogens with zero attached hydrogens (tertiary/aromatic N) is 4. The third-order valence-electron chi connectivity index (χ3n) is 3.40. The maximum Gasteiger partial charge on any atom is 0.207 e. The highest BCUT2D eigenvalue weighted by Crippen LogP contribution is 2.17. The minimum absolute atomic E-state index is 0.111. The van der Waals surface area contributed by atoms with Gasteiger partial charge in [-0.2, -0.15) is 0 Å². The standard InChI is InChI=1S/C16H16N4O/c1-3-20-13-7-5-4-6-12(13)19-15(20)8-14(21)16-17-9-11(2)10-18-16/h4-7,9-10H,3,8H2,1-2H3. The van der Waals surface area contributed by atoms with Gasteiger partial charge in [-0.15, -0.1) is 0 Å². The summed E-state index contributed by atoms with van der Waals surface area (Å²) in [5.74, 6) is 0.892. The Balaban J connectivity index is 1.94. The molecule has 5 heteroatoms. The van der Waals surface area contributed by atoms with E-state index in [0.29, 0.717) is 0 Å². The summed E-state index contributed by atoms with van der Waals surface area (Å²) in [6.45, 7) is 4.72. The predicted octanol–water partition coefficient (Wildman–Crippen LogP) is 2.58. The quantitative estimate of drug-likeness (QED) is 0.689. The van der Waals surface area contributed by atoms with Crippen LogP contribution in [0.3, 0.4) is 0 Å². The highest BCUT2D eigenvalue weighted by atomic mass is 16.1. The number of rotatable bonds is 4. The van der Waals surface area contributed by atoms with Crippen LogP contribution in [0.5, 0.6) is 0 Å². The summed E-state index contributed by atoms with van der Waals surface area (Å²) in [6, 6.07) is 7.90. The molecular weight excluding hydrogens is 264 g/mol. The average Bonchev–Trinajstić information content (AvgIpc) is 2.84. The van der Waals surface area contributed by atoms with E-state index in [1.807, 2.05) is 38.1 Å². The topological polar surface area (TPSA) is 60.7 Å². The van der Waals surface area contributed by atoms with Gasteiger partial charge in [-0.25, -0.2) is 15.0 Å². The minimum atomic E-state index is -0.111.